The van der Waals surface area contributed by atoms with E-state index >= 15 is 0 Å². The number of halogens is 2. The first-order valence-corrected chi connectivity index (χ1v) is 7.81. The molecule has 0 aliphatic rings. The lowest BCUT2D eigenvalue weighted by molar-refractivity contribution is 0.246. The lowest BCUT2D eigenvalue weighted by Gasteiger charge is -2.11. The van der Waals surface area contributed by atoms with Crippen LogP contribution < -0.4 is 15.2 Å². The van der Waals surface area contributed by atoms with Gasteiger partial charge in [0.25, 0.3) is 0 Å². The molecule has 0 fully saturated rings. The molecule has 0 aliphatic heterocycles. The van der Waals surface area contributed by atoms with Crippen molar-refractivity contribution in [1.29, 1.82) is 0 Å². The van der Waals surface area contributed by atoms with Gasteiger partial charge in [0.05, 0.1) is 27.8 Å². The summed E-state index contributed by atoms with van der Waals surface area (Å²) in [6.07, 6.45) is 0.780. The van der Waals surface area contributed by atoms with Crippen LogP contribution in [-0.4, -0.2) is 13.2 Å². The zero-order valence-corrected chi connectivity index (χ0v) is 14.0. The first-order valence-electron chi connectivity index (χ1n) is 6.22. The van der Waals surface area contributed by atoms with E-state index in [0.29, 0.717) is 18.9 Å². The summed E-state index contributed by atoms with van der Waals surface area (Å²) in [4.78, 5) is 0. The number of hydrogen-bond donors (Lipinski definition) is 1. The van der Waals surface area contributed by atoms with Crippen LogP contribution in [0.4, 0.5) is 5.69 Å². The number of nitrogen functional groups attached to an aromatic ring is 1. The number of nitrogens with two attached hydrogens (primary N) is 1. The first kappa shape index (κ1) is 15.2. The summed E-state index contributed by atoms with van der Waals surface area (Å²) in [7, 11) is 0. The van der Waals surface area contributed by atoms with Gasteiger partial charge in [-0.15, -0.1) is 0 Å². The van der Waals surface area contributed by atoms with Crippen molar-refractivity contribution in [3.8, 4) is 11.5 Å². The lowest BCUT2D eigenvalue weighted by atomic mass is 10.3. The topological polar surface area (TPSA) is 44.5 Å². The molecule has 2 aromatic carbocycles. The summed E-state index contributed by atoms with van der Waals surface area (Å²) >= 11 is 6.92. The number of rotatable bonds is 6. The molecule has 0 bridgehead atoms. The Balaban J connectivity index is 1.76. The average Bonchev–Trinajstić information content (AvgIpc) is 2.43. The molecule has 0 aromatic heterocycles. The Bertz CT molecular complexity index is 555. The molecule has 0 atom stereocenters. The van der Waals surface area contributed by atoms with Gasteiger partial charge in [0.15, 0.2) is 0 Å². The average molecular weight is 401 g/mol. The molecule has 0 unspecified atom stereocenters. The van der Waals surface area contributed by atoms with Gasteiger partial charge in [-0.3, -0.25) is 0 Å². The maximum Gasteiger partial charge on any atom is 0.147 e. The van der Waals surface area contributed by atoms with Crippen LogP contribution in [0.3, 0.4) is 0 Å². The monoisotopic (exact) mass is 399 g/mol. The van der Waals surface area contributed by atoms with Crippen LogP contribution in [0.1, 0.15) is 6.42 Å². The van der Waals surface area contributed by atoms with Gasteiger partial charge in [-0.2, -0.15) is 0 Å². The van der Waals surface area contributed by atoms with E-state index in [-0.39, 0.29) is 0 Å². The van der Waals surface area contributed by atoms with Crippen LogP contribution in [-0.2, 0) is 0 Å². The minimum absolute atomic E-state index is 0.566. The smallest absolute Gasteiger partial charge is 0.147 e. The molecule has 0 amide bonds. The summed E-state index contributed by atoms with van der Waals surface area (Å²) in [5.74, 6) is 1.53. The fourth-order valence-corrected chi connectivity index (χ4v) is 2.88. The van der Waals surface area contributed by atoms with Crippen LogP contribution in [0, 0.1) is 0 Å². The van der Waals surface area contributed by atoms with Gasteiger partial charge >= 0.3 is 0 Å². The summed E-state index contributed by atoms with van der Waals surface area (Å²) in [6, 6.07) is 13.3. The van der Waals surface area contributed by atoms with E-state index in [4.69, 9.17) is 15.2 Å². The van der Waals surface area contributed by atoms with Crippen LogP contribution >= 0.6 is 31.9 Å². The van der Waals surface area contributed by atoms with Crippen LogP contribution in [0.5, 0.6) is 11.5 Å². The highest BCUT2D eigenvalue weighted by Gasteiger charge is 2.05. The van der Waals surface area contributed by atoms with E-state index in [2.05, 4.69) is 31.9 Å². The molecule has 0 radical (unpaired) electrons. The van der Waals surface area contributed by atoms with Crippen molar-refractivity contribution in [3.63, 3.8) is 0 Å². The summed E-state index contributed by atoms with van der Waals surface area (Å²) < 4.78 is 13.2. The quantitative estimate of drug-likeness (QED) is 0.567. The largest absolute Gasteiger partial charge is 0.491 e. The molecule has 20 heavy (non-hydrogen) atoms. The van der Waals surface area contributed by atoms with Gasteiger partial charge in [0.1, 0.15) is 11.5 Å². The van der Waals surface area contributed by atoms with Gasteiger partial charge < -0.3 is 15.2 Å². The van der Waals surface area contributed by atoms with Crippen molar-refractivity contribution in [2.45, 2.75) is 6.42 Å². The van der Waals surface area contributed by atoms with E-state index in [9.17, 15) is 0 Å². The molecule has 0 spiro atoms. The number of benzene rings is 2. The Morgan fingerprint density at radius 3 is 2.20 bits per heavy atom. The maximum absolute atomic E-state index is 5.80. The third-order valence-corrected chi connectivity index (χ3v) is 3.88. The number of para-hydroxylation sites is 3. The van der Waals surface area contributed by atoms with Gasteiger partial charge in [0.2, 0.25) is 0 Å². The van der Waals surface area contributed by atoms with Crippen LogP contribution in [0.25, 0.3) is 0 Å². The number of hydrogen-bond acceptors (Lipinski definition) is 3. The zero-order chi connectivity index (χ0) is 14.4. The Labute approximate surface area is 135 Å². The van der Waals surface area contributed by atoms with E-state index in [0.717, 1.165) is 26.9 Å². The van der Waals surface area contributed by atoms with E-state index in [1.54, 1.807) is 0 Å². The van der Waals surface area contributed by atoms with Crippen molar-refractivity contribution >= 4 is 37.5 Å². The highest BCUT2D eigenvalue weighted by molar-refractivity contribution is 9.11. The zero-order valence-electron chi connectivity index (χ0n) is 10.8. The Kier molecular flexibility index (Phi) is 5.73. The molecule has 2 N–H and O–H groups in total. The molecule has 0 aliphatic carbocycles. The van der Waals surface area contributed by atoms with Gasteiger partial charge in [-0.05, 0) is 56.1 Å². The van der Waals surface area contributed by atoms with Gasteiger partial charge in [-0.25, -0.2) is 0 Å². The third-order valence-electron chi connectivity index (χ3n) is 2.63. The molecule has 106 valence electrons. The van der Waals surface area contributed by atoms with Gasteiger partial charge in [-0.1, -0.05) is 18.2 Å². The number of anilines is 1. The first-order chi connectivity index (χ1) is 9.68. The standard InChI is InChI=1S/C15H15Br2NO2/c16-11-5-3-6-12(17)15(11)20-10-4-9-19-14-8-2-1-7-13(14)18/h1-3,5-8H,4,9-10,18H2. The Morgan fingerprint density at radius 2 is 1.50 bits per heavy atom. The summed E-state index contributed by atoms with van der Waals surface area (Å²) in [5, 5.41) is 0. The molecule has 2 aromatic rings. The lowest BCUT2D eigenvalue weighted by Crippen LogP contribution is -2.06. The van der Waals surface area contributed by atoms with Crippen molar-refractivity contribution < 1.29 is 9.47 Å². The van der Waals surface area contributed by atoms with Crippen molar-refractivity contribution in [3.05, 3.63) is 51.4 Å². The fourth-order valence-electron chi connectivity index (χ4n) is 1.65. The molecular formula is C15H15Br2NO2. The predicted molar refractivity (Wildman–Crippen MR) is 88.3 cm³/mol. The summed E-state index contributed by atoms with van der Waals surface area (Å²) in [5.41, 5.74) is 6.45. The minimum atomic E-state index is 0.566. The second-order valence-electron chi connectivity index (χ2n) is 4.14. The molecule has 0 saturated heterocycles. The third kappa shape index (κ3) is 4.15. The molecule has 0 saturated carbocycles. The van der Waals surface area contributed by atoms with E-state index in [1.165, 1.54) is 0 Å². The Hall–Kier alpha value is -1.20. The van der Waals surface area contributed by atoms with Crippen molar-refractivity contribution in [2.24, 2.45) is 0 Å². The summed E-state index contributed by atoms with van der Waals surface area (Å²) in [6.45, 7) is 1.14. The highest BCUT2D eigenvalue weighted by atomic mass is 79.9. The molecule has 0 heterocycles. The van der Waals surface area contributed by atoms with Crippen molar-refractivity contribution in [2.75, 3.05) is 18.9 Å². The molecular weight excluding hydrogens is 386 g/mol. The maximum atomic E-state index is 5.80. The Morgan fingerprint density at radius 1 is 0.850 bits per heavy atom. The normalized spacial score (nSPS) is 10.3. The SMILES string of the molecule is Nc1ccccc1OCCCOc1c(Br)cccc1Br. The molecule has 2 rings (SSSR count). The van der Waals surface area contributed by atoms with Crippen LogP contribution in [0.2, 0.25) is 0 Å². The second kappa shape index (κ2) is 7.55. The highest BCUT2D eigenvalue weighted by Crippen LogP contribution is 2.33. The fraction of sp³-hybridized carbons (Fsp3) is 0.200. The van der Waals surface area contributed by atoms with Gasteiger partial charge in [0, 0.05) is 6.42 Å². The van der Waals surface area contributed by atoms with Crippen molar-refractivity contribution in [1.82, 2.24) is 0 Å². The number of ether oxygens (including phenoxy) is 2. The molecule has 5 heteroatoms. The van der Waals surface area contributed by atoms with E-state index < -0.39 is 0 Å². The predicted octanol–water partition coefficient (Wildman–Crippen LogP) is 4.64. The minimum Gasteiger partial charge on any atom is -0.491 e. The second-order valence-corrected chi connectivity index (χ2v) is 5.85. The molecule has 3 nitrogen and oxygen atoms in total. The van der Waals surface area contributed by atoms with Crippen LogP contribution in [0.15, 0.2) is 51.4 Å². The van der Waals surface area contributed by atoms with E-state index in [1.807, 2.05) is 42.5 Å².